The van der Waals surface area contributed by atoms with Crippen molar-refractivity contribution in [2.75, 3.05) is 12.3 Å². The van der Waals surface area contributed by atoms with E-state index in [9.17, 15) is 8.42 Å². The molecule has 1 aliphatic rings. The molecular weight excluding hydrogens is 260 g/mol. The van der Waals surface area contributed by atoms with Crippen LogP contribution in [-0.4, -0.2) is 15.0 Å². The molecule has 0 atom stereocenters. The first-order valence-electron chi connectivity index (χ1n) is 6.55. The van der Waals surface area contributed by atoms with Crippen LogP contribution in [-0.2, 0) is 15.8 Å². The molecule has 1 aromatic rings. The largest absolute Gasteiger partial charge is 0.399 e. The van der Waals surface area contributed by atoms with Gasteiger partial charge in [-0.15, -0.1) is 0 Å². The van der Waals surface area contributed by atoms with Crippen LogP contribution in [0.15, 0.2) is 35.9 Å². The Balaban J connectivity index is 1.82. The molecule has 4 nitrogen and oxygen atoms in total. The minimum Gasteiger partial charge on any atom is -0.399 e. The summed E-state index contributed by atoms with van der Waals surface area (Å²) in [6.07, 6.45) is 6.48. The maximum Gasteiger partial charge on any atom is 0.215 e. The third-order valence-electron chi connectivity index (χ3n) is 3.24. The van der Waals surface area contributed by atoms with Gasteiger partial charge in [0.1, 0.15) is 0 Å². The van der Waals surface area contributed by atoms with Crippen molar-refractivity contribution in [3.8, 4) is 0 Å². The van der Waals surface area contributed by atoms with Crippen LogP contribution in [0.5, 0.6) is 0 Å². The van der Waals surface area contributed by atoms with Crippen molar-refractivity contribution in [3.05, 3.63) is 41.5 Å². The highest BCUT2D eigenvalue weighted by molar-refractivity contribution is 7.88. The fourth-order valence-electron chi connectivity index (χ4n) is 2.22. The maximum atomic E-state index is 11.9. The number of benzene rings is 1. The van der Waals surface area contributed by atoms with E-state index in [-0.39, 0.29) is 5.75 Å². The summed E-state index contributed by atoms with van der Waals surface area (Å²) in [5, 5.41) is 0. The number of hydrogen-bond acceptors (Lipinski definition) is 3. The Morgan fingerprint density at radius 3 is 2.58 bits per heavy atom. The molecule has 0 radical (unpaired) electrons. The molecule has 19 heavy (non-hydrogen) atoms. The highest BCUT2D eigenvalue weighted by atomic mass is 32.2. The lowest BCUT2D eigenvalue weighted by Gasteiger charge is -2.07. The van der Waals surface area contributed by atoms with Gasteiger partial charge in [-0.25, -0.2) is 13.1 Å². The van der Waals surface area contributed by atoms with Gasteiger partial charge < -0.3 is 5.73 Å². The third kappa shape index (κ3) is 4.69. The van der Waals surface area contributed by atoms with Gasteiger partial charge in [-0.1, -0.05) is 23.8 Å². The average Bonchev–Trinajstić information content (AvgIpc) is 2.85. The second-order valence-corrected chi connectivity index (χ2v) is 6.71. The second kappa shape index (κ2) is 6.21. The van der Waals surface area contributed by atoms with E-state index in [4.69, 9.17) is 5.73 Å². The van der Waals surface area contributed by atoms with Crippen LogP contribution >= 0.6 is 0 Å². The van der Waals surface area contributed by atoms with Crippen molar-refractivity contribution >= 4 is 15.7 Å². The quantitative estimate of drug-likeness (QED) is 0.620. The van der Waals surface area contributed by atoms with Crippen LogP contribution in [0.25, 0.3) is 0 Å². The Hall–Kier alpha value is -1.33. The first kappa shape index (κ1) is 14.1. The molecule has 0 spiro atoms. The van der Waals surface area contributed by atoms with E-state index < -0.39 is 10.0 Å². The molecule has 0 bridgehead atoms. The molecule has 3 N–H and O–H groups in total. The lowest BCUT2D eigenvalue weighted by molar-refractivity contribution is 0.580. The van der Waals surface area contributed by atoms with Crippen molar-refractivity contribution in [1.82, 2.24) is 4.72 Å². The number of nitrogens with one attached hydrogen (secondary N) is 1. The second-order valence-electron chi connectivity index (χ2n) is 4.90. The number of hydrogen-bond donors (Lipinski definition) is 2. The zero-order chi connectivity index (χ0) is 13.7. The fourth-order valence-corrected chi connectivity index (χ4v) is 3.36. The Morgan fingerprint density at radius 2 is 1.95 bits per heavy atom. The highest BCUT2D eigenvalue weighted by Gasteiger charge is 2.12. The summed E-state index contributed by atoms with van der Waals surface area (Å²) in [7, 11) is -3.26. The number of allylic oxidation sites excluding steroid dienone is 1. The predicted octanol–water partition coefficient (Wildman–Crippen LogP) is 2.19. The summed E-state index contributed by atoms with van der Waals surface area (Å²) in [4.78, 5) is 0. The van der Waals surface area contributed by atoms with Crippen molar-refractivity contribution in [2.45, 2.75) is 31.4 Å². The van der Waals surface area contributed by atoms with Gasteiger partial charge in [0.25, 0.3) is 0 Å². The summed E-state index contributed by atoms with van der Waals surface area (Å²) in [6, 6.07) is 6.92. The molecule has 0 aliphatic heterocycles. The minimum absolute atomic E-state index is 0.00628. The summed E-state index contributed by atoms with van der Waals surface area (Å²) < 4.78 is 26.4. The molecule has 0 saturated carbocycles. The Labute approximate surface area is 114 Å². The van der Waals surface area contributed by atoms with Gasteiger partial charge in [-0.3, -0.25) is 0 Å². The molecule has 0 aromatic heterocycles. The molecule has 1 aliphatic carbocycles. The number of nitrogen functional groups attached to an aromatic ring is 1. The van der Waals surface area contributed by atoms with Crippen LogP contribution < -0.4 is 10.5 Å². The van der Waals surface area contributed by atoms with Gasteiger partial charge >= 0.3 is 0 Å². The standard InChI is InChI=1S/C14H20N2O2S/c15-14-7-5-13(6-8-14)11-19(17,18)16-10-9-12-3-1-2-4-12/h3,5-8,16H,1-2,4,9-11,15H2. The van der Waals surface area contributed by atoms with E-state index in [1.54, 1.807) is 24.3 Å². The topological polar surface area (TPSA) is 72.2 Å². The Kier molecular flexibility index (Phi) is 4.61. The SMILES string of the molecule is Nc1ccc(CS(=O)(=O)NCCC2=CCCC2)cc1. The smallest absolute Gasteiger partial charge is 0.215 e. The summed E-state index contributed by atoms with van der Waals surface area (Å²) >= 11 is 0. The molecule has 0 heterocycles. The first-order chi connectivity index (χ1) is 9.05. The van der Waals surface area contributed by atoms with E-state index in [1.807, 2.05) is 0 Å². The normalized spacial score (nSPS) is 15.5. The summed E-state index contributed by atoms with van der Waals surface area (Å²) in [5.74, 6) is 0.00628. The van der Waals surface area contributed by atoms with Crippen LogP contribution in [0.3, 0.4) is 0 Å². The molecule has 1 aromatic carbocycles. The van der Waals surface area contributed by atoms with E-state index >= 15 is 0 Å². The fraction of sp³-hybridized carbons (Fsp3) is 0.429. The average molecular weight is 280 g/mol. The molecule has 0 fully saturated rings. The number of anilines is 1. The predicted molar refractivity (Wildman–Crippen MR) is 78.0 cm³/mol. The first-order valence-corrected chi connectivity index (χ1v) is 8.20. The monoisotopic (exact) mass is 280 g/mol. The number of rotatable bonds is 6. The van der Waals surface area contributed by atoms with Gasteiger partial charge in [0.05, 0.1) is 5.75 Å². The van der Waals surface area contributed by atoms with Gasteiger partial charge in [-0.05, 0) is 43.4 Å². The van der Waals surface area contributed by atoms with E-state index in [2.05, 4.69) is 10.8 Å². The summed E-state index contributed by atoms with van der Waals surface area (Å²) in [6.45, 7) is 0.489. The molecule has 0 unspecified atom stereocenters. The van der Waals surface area contributed by atoms with Crippen molar-refractivity contribution in [2.24, 2.45) is 0 Å². The zero-order valence-corrected chi connectivity index (χ0v) is 11.7. The molecular formula is C14H20N2O2S. The van der Waals surface area contributed by atoms with Crippen LogP contribution in [0.1, 0.15) is 31.2 Å². The molecule has 0 amide bonds. The van der Waals surface area contributed by atoms with Crippen molar-refractivity contribution in [1.29, 1.82) is 0 Å². The van der Waals surface area contributed by atoms with E-state index in [1.165, 1.54) is 12.0 Å². The van der Waals surface area contributed by atoms with Gasteiger partial charge in [0.15, 0.2) is 0 Å². The van der Waals surface area contributed by atoms with Gasteiger partial charge in [-0.2, -0.15) is 0 Å². The van der Waals surface area contributed by atoms with Gasteiger partial charge in [0, 0.05) is 12.2 Å². The molecule has 5 heteroatoms. The van der Waals surface area contributed by atoms with Gasteiger partial charge in [0.2, 0.25) is 10.0 Å². The number of sulfonamides is 1. The highest BCUT2D eigenvalue weighted by Crippen LogP contribution is 2.19. The van der Waals surface area contributed by atoms with Crippen molar-refractivity contribution < 1.29 is 8.42 Å². The molecule has 0 saturated heterocycles. The maximum absolute atomic E-state index is 11.9. The Morgan fingerprint density at radius 1 is 1.21 bits per heavy atom. The van der Waals surface area contributed by atoms with Crippen molar-refractivity contribution in [3.63, 3.8) is 0 Å². The lowest BCUT2D eigenvalue weighted by atomic mass is 10.2. The van der Waals surface area contributed by atoms with Crippen LogP contribution in [0.2, 0.25) is 0 Å². The minimum atomic E-state index is -3.26. The zero-order valence-electron chi connectivity index (χ0n) is 10.9. The number of nitrogens with two attached hydrogens (primary N) is 1. The third-order valence-corrected chi connectivity index (χ3v) is 4.60. The van der Waals surface area contributed by atoms with E-state index in [0.717, 1.165) is 24.8 Å². The van der Waals surface area contributed by atoms with Crippen LogP contribution in [0.4, 0.5) is 5.69 Å². The lowest BCUT2D eigenvalue weighted by Crippen LogP contribution is -2.26. The molecule has 104 valence electrons. The van der Waals surface area contributed by atoms with Crippen LogP contribution in [0, 0.1) is 0 Å². The van der Waals surface area contributed by atoms with E-state index in [0.29, 0.717) is 12.2 Å². The molecule has 2 rings (SSSR count). The summed E-state index contributed by atoms with van der Waals surface area (Å²) in [5.41, 5.74) is 8.33. The Bertz CT molecular complexity index is 547.